The summed E-state index contributed by atoms with van der Waals surface area (Å²) in [6.07, 6.45) is -4.76. The number of alkyl halides is 3. The van der Waals surface area contributed by atoms with Crippen molar-refractivity contribution in [3.63, 3.8) is 0 Å². The molecule has 4 nitrogen and oxygen atoms in total. The fourth-order valence-electron chi connectivity index (χ4n) is 1.62. The standard InChI is InChI=1S/C13H15F3N2O2S/c1-8(2)18(7-11(17)21)12(19)9-3-5-10(6-4-9)20-13(14,15)16/h3-6,8H,7H2,1-2H3,(H2,17,21). The van der Waals surface area contributed by atoms with Gasteiger partial charge in [-0.3, -0.25) is 4.79 Å². The number of hydrogen-bond acceptors (Lipinski definition) is 3. The van der Waals surface area contributed by atoms with Crippen molar-refractivity contribution < 1.29 is 22.7 Å². The number of benzene rings is 1. The fourth-order valence-corrected chi connectivity index (χ4v) is 1.76. The van der Waals surface area contributed by atoms with Crippen LogP contribution in [0.2, 0.25) is 0 Å². The van der Waals surface area contributed by atoms with Crippen LogP contribution >= 0.6 is 12.2 Å². The van der Waals surface area contributed by atoms with E-state index in [2.05, 4.69) is 4.74 Å². The molecule has 8 heteroatoms. The van der Waals surface area contributed by atoms with Gasteiger partial charge in [0.2, 0.25) is 0 Å². The van der Waals surface area contributed by atoms with E-state index < -0.39 is 6.36 Å². The average Bonchev–Trinajstić information content (AvgIpc) is 2.33. The highest BCUT2D eigenvalue weighted by Gasteiger charge is 2.31. The van der Waals surface area contributed by atoms with Crippen LogP contribution in [0.15, 0.2) is 24.3 Å². The number of hydrogen-bond donors (Lipinski definition) is 1. The third kappa shape index (κ3) is 5.58. The molecular weight excluding hydrogens is 305 g/mol. The van der Waals surface area contributed by atoms with E-state index in [0.29, 0.717) is 0 Å². The molecule has 0 saturated carbocycles. The van der Waals surface area contributed by atoms with E-state index in [4.69, 9.17) is 18.0 Å². The number of halogens is 3. The van der Waals surface area contributed by atoms with Crippen molar-refractivity contribution >= 4 is 23.1 Å². The van der Waals surface area contributed by atoms with Crippen LogP contribution in [0.25, 0.3) is 0 Å². The lowest BCUT2D eigenvalue weighted by molar-refractivity contribution is -0.274. The van der Waals surface area contributed by atoms with Gasteiger partial charge in [-0.2, -0.15) is 0 Å². The third-order valence-electron chi connectivity index (χ3n) is 2.55. The third-order valence-corrected chi connectivity index (χ3v) is 2.67. The zero-order chi connectivity index (χ0) is 16.2. The largest absolute Gasteiger partial charge is 0.573 e. The van der Waals surface area contributed by atoms with Crippen LogP contribution in [-0.4, -0.2) is 34.7 Å². The summed E-state index contributed by atoms with van der Waals surface area (Å²) >= 11 is 4.78. The zero-order valence-corrected chi connectivity index (χ0v) is 12.3. The van der Waals surface area contributed by atoms with Crippen molar-refractivity contribution in [1.29, 1.82) is 0 Å². The minimum absolute atomic E-state index is 0.104. The highest BCUT2D eigenvalue weighted by atomic mass is 32.1. The molecule has 0 aliphatic heterocycles. The molecule has 1 aromatic rings. The van der Waals surface area contributed by atoms with Crippen molar-refractivity contribution in [3.05, 3.63) is 29.8 Å². The van der Waals surface area contributed by atoms with E-state index in [9.17, 15) is 18.0 Å². The Labute approximate surface area is 125 Å². The summed E-state index contributed by atoms with van der Waals surface area (Å²) in [5.41, 5.74) is 5.66. The summed E-state index contributed by atoms with van der Waals surface area (Å²) in [5, 5.41) is 0. The molecule has 0 atom stereocenters. The molecule has 2 N–H and O–H groups in total. The molecule has 0 bridgehead atoms. The first-order chi connectivity index (χ1) is 9.60. The van der Waals surface area contributed by atoms with Gasteiger partial charge in [0.1, 0.15) is 5.75 Å². The number of amides is 1. The average molecular weight is 320 g/mol. The van der Waals surface area contributed by atoms with E-state index in [0.717, 1.165) is 12.1 Å². The topological polar surface area (TPSA) is 55.6 Å². The number of carbonyl (C=O) groups is 1. The normalized spacial score (nSPS) is 11.3. The first kappa shape index (κ1) is 17.2. The van der Waals surface area contributed by atoms with E-state index in [1.165, 1.54) is 17.0 Å². The van der Waals surface area contributed by atoms with Gasteiger partial charge in [-0.25, -0.2) is 0 Å². The molecule has 0 aromatic heterocycles. The summed E-state index contributed by atoms with van der Waals surface area (Å²) in [6.45, 7) is 3.68. The van der Waals surface area contributed by atoms with Crippen LogP contribution in [0.1, 0.15) is 24.2 Å². The van der Waals surface area contributed by atoms with Crippen LogP contribution < -0.4 is 10.5 Å². The van der Waals surface area contributed by atoms with Gasteiger partial charge in [-0.05, 0) is 38.1 Å². The van der Waals surface area contributed by atoms with Crippen LogP contribution in [0, 0.1) is 0 Å². The highest BCUT2D eigenvalue weighted by Crippen LogP contribution is 2.23. The quantitative estimate of drug-likeness (QED) is 0.848. The molecule has 1 aromatic carbocycles. The van der Waals surface area contributed by atoms with Crippen LogP contribution in [-0.2, 0) is 0 Å². The van der Waals surface area contributed by atoms with Crippen LogP contribution in [0.4, 0.5) is 13.2 Å². The van der Waals surface area contributed by atoms with Gasteiger partial charge in [0.25, 0.3) is 5.91 Å². The summed E-state index contributed by atoms with van der Waals surface area (Å²) in [7, 11) is 0. The first-order valence-electron chi connectivity index (χ1n) is 6.05. The maximum absolute atomic E-state index is 12.3. The first-order valence-corrected chi connectivity index (χ1v) is 6.46. The zero-order valence-electron chi connectivity index (χ0n) is 11.5. The summed E-state index contributed by atoms with van der Waals surface area (Å²) in [5.74, 6) is -0.749. The smallest absolute Gasteiger partial charge is 0.406 e. The molecule has 21 heavy (non-hydrogen) atoms. The maximum Gasteiger partial charge on any atom is 0.573 e. The predicted molar refractivity (Wildman–Crippen MR) is 76.1 cm³/mol. The molecule has 0 radical (unpaired) electrons. The molecule has 0 unspecified atom stereocenters. The van der Waals surface area contributed by atoms with Gasteiger partial charge in [-0.15, -0.1) is 13.2 Å². The van der Waals surface area contributed by atoms with E-state index in [1.807, 2.05) is 0 Å². The summed E-state index contributed by atoms with van der Waals surface area (Å²) < 4.78 is 39.9. The Morgan fingerprint density at radius 2 is 1.86 bits per heavy atom. The molecule has 0 heterocycles. The Kier molecular flexibility index (Phi) is 5.54. The van der Waals surface area contributed by atoms with Crippen molar-refractivity contribution in [1.82, 2.24) is 4.90 Å². The summed E-state index contributed by atoms with van der Waals surface area (Å²) in [4.78, 5) is 13.9. The monoisotopic (exact) mass is 320 g/mol. The second-order valence-electron chi connectivity index (χ2n) is 4.57. The lowest BCUT2D eigenvalue weighted by Crippen LogP contribution is -2.42. The van der Waals surface area contributed by atoms with Gasteiger partial charge in [0.15, 0.2) is 0 Å². The number of thiocarbonyl (C=S) groups is 1. The lowest BCUT2D eigenvalue weighted by atomic mass is 10.1. The Hall–Kier alpha value is -1.83. The van der Waals surface area contributed by atoms with Gasteiger partial charge < -0.3 is 15.4 Å². The van der Waals surface area contributed by atoms with E-state index >= 15 is 0 Å². The van der Waals surface area contributed by atoms with Gasteiger partial charge in [-0.1, -0.05) is 12.2 Å². The molecule has 0 aliphatic carbocycles. The molecule has 0 fully saturated rings. The predicted octanol–water partition coefficient (Wildman–Crippen LogP) is 2.72. The van der Waals surface area contributed by atoms with Crippen LogP contribution in [0.5, 0.6) is 5.75 Å². The Bertz CT molecular complexity index is 515. The minimum Gasteiger partial charge on any atom is -0.406 e. The van der Waals surface area contributed by atoms with Crippen molar-refractivity contribution in [2.45, 2.75) is 26.3 Å². The molecule has 116 valence electrons. The van der Waals surface area contributed by atoms with E-state index in [1.54, 1.807) is 13.8 Å². The molecule has 1 rings (SSSR count). The maximum atomic E-state index is 12.3. The van der Waals surface area contributed by atoms with Gasteiger partial charge >= 0.3 is 6.36 Å². The molecule has 0 spiro atoms. The number of rotatable bonds is 5. The number of nitrogens with two attached hydrogens (primary N) is 1. The van der Waals surface area contributed by atoms with Crippen molar-refractivity contribution in [2.75, 3.05) is 6.54 Å². The molecular formula is C13H15F3N2O2S. The van der Waals surface area contributed by atoms with Crippen molar-refractivity contribution in [3.8, 4) is 5.75 Å². The van der Waals surface area contributed by atoms with Crippen LogP contribution in [0.3, 0.4) is 0 Å². The molecule has 1 amide bonds. The highest BCUT2D eigenvalue weighted by molar-refractivity contribution is 7.80. The Morgan fingerprint density at radius 1 is 1.33 bits per heavy atom. The lowest BCUT2D eigenvalue weighted by Gasteiger charge is -2.26. The van der Waals surface area contributed by atoms with Gasteiger partial charge in [0, 0.05) is 11.6 Å². The number of ether oxygens (including phenoxy) is 1. The number of nitrogens with zero attached hydrogens (tertiary/aromatic N) is 1. The SMILES string of the molecule is CC(C)N(CC(N)=S)C(=O)c1ccc(OC(F)(F)F)cc1. The minimum atomic E-state index is -4.76. The second-order valence-corrected chi connectivity index (χ2v) is 5.09. The molecule has 0 saturated heterocycles. The van der Waals surface area contributed by atoms with Crippen molar-refractivity contribution in [2.24, 2.45) is 5.73 Å². The molecule has 0 aliphatic rings. The Balaban J connectivity index is 2.89. The second kappa shape index (κ2) is 6.75. The Morgan fingerprint density at radius 3 is 2.24 bits per heavy atom. The number of carbonyl (C=O) groups excluding carboxylic acids is 1. The fraction of sp³-hybridized carbons (Fsp3) is 0.385. The van der Waals surface area contributed by atoms with E-state index in [-0.39, 0.29) is 34.8 Å². The van der Waals surface area contributed by atoms with Gasteiger partial charge in [0.05, 0.1) is 11.5 Å². The summed E-state index contributed by atoms with van der Waals surface area (Å²) in [6, 6.07) is 4.54.